The Bertz CT molecular complexity index is 878. The molecule has 3 rings (SSSR count). The maximum absolute atomic E-state index is 12.8. The third kappa shape index (κ3) is 5.25. The molecule has 0 N–H and O–H groups in total. The quantitative estimate of drug-likeness (QED) is 0.564. The van der Waals surface area contributed by atoms with Gasteiger partial charge in [-0.1, -0.05) is 0 Å². The van der Waals surface area contributed by atoms with Crippen molar-refractivity contribution in [2.24, 2.45) is 0 Å². The summed E-state index contributed by atoms with van der Waals surface area (Å²) in [5.41, 5.74) is 0.557. The van der Waals surface area contributed by atoms with E-state index in [2.05, 4.69) is 0 Å². The summed E-state index contributed by atoms with van der Waals surface area (Å²) in [5.74, 6) is 0.745. The van der Waals surface area contributed by atoms with E-state index < -0.39 is 24.1 Å². The summed E-state index contributed by atoms with van der Waals surface area (Å²) in [6, 6.07) is 9.73. The molecular weight excluding hydrogens is 416 g/mol. The van der Waals surface area contributed by atoms with Gasteiger partial charge >= 0.3 is 11.9 Å². The highest BCUT2D eigenvalue weighted by molar-refractivity contribution is 5.94. The Morgan fingerprint density at radius 3 is 1.41 bits per heavy atom. The summed E-state index contributed by atoms with van der Waals surface area (Å²) in [4.78, 5) is 25.7. The number of rotatable bonds is 8. The van der Waals surface area contributed by atoms with Crippen molar-refractivity contribution in [3.8, 4) is 23.0 Å². The molecule has 0 amide bonds. The Hall–Kier alpha value is -3.42. The van der Waals surface area contributed by atoms with E-state index in [4.69, 9.17) is 28.4 Å². The van der Waals surface area contributed by atoms with Crippen LogP contribution in [-0.4, -0.2) is 52.6 Å². The van der Waals surface area contributed by atoms with Crippen molar-refractivity contribution in [2.75, 3.05) is 28.4 Å². The zero-order valence-corrected chi connectivity index (χ0v) is 18.7. The molecule has 0 aromatic heterocycles. The fourth-order valence-electron chi connectivity index (χ4n) is 3.67. The predicted octanol–water partition coefficient (Wildman–Crippen LogP) is 4.05. The minimum absolute atomic E-state index is 0.278. The highest BCUT2D eigenvalue weighted by Crippen LogP contribution is 2.31. The van der Waals surface area contributed by atoms with Crippen LogP contribution in [0.2, 0.25) is 0 Å². The standard InChI is InChI=1S/C24H28O8/c1-27-15-9-11-17(21(13-15)29-3)23(25)31-19-7-5-6-8-20(19)32-24(26)18-12-10-16(28-2)14-22(18)30-4/h9-14,19-20H,5-8H2,1-4H3. The molecule has 1 aliphatic rings. The Kier molecular flexibility index (Phi) is 7.81. The summed E-state index contributed by atoms with van der Waals surface area (Å²) < 4.78 is 32.4. The van der Waals surface area contributed by atoms with E-state index in [1.54, 1.807) is 36.4 Å². The Labute approximate surface area is 187 Å². The summed E-state index contributed by atoms with van der Waals surface area (Å²) >= 11 is 0. The number of methoxy groups -OCH3 is 4. The fraction of sp³-hybridized carbons (Fsp3) is 0.417. The maximum atomic E-state index is 12.8. The van der Waals surface area contributed by atoms with Crippen LogP contribution < -0.4 is 18.9 Å². The minimum atomic E-state index is -0.559. The molecule has 0 radical (unpaired) electrons. The number of hydrogen-bond acceptors (Lipinski definition) is 8. The van der Waals surface area contributed by atoms with Crippen molar-refractivity contribution < 1.29 is 38.0 Å². The van der Waals surface area contributed by atoms with Crippen molar-refractivity contribution in [2.45, 2.75) is 37.9 Å². The molecule has 8 nitrogen and oxygen atoms in total. The lowest BCUT2D eigenvalue weighted by atomic mass is 9.94. The van der Waals surface area contributed by atoms with Crippen LogP contribution >= 0.6 is 0 Å². The highest BCUT2D eigenvalue weighted by atomic mass is 16.6. The van der Waals surface area contributed by atoms with Crippen molar-refractivity contribution in [3.63, 3.8) is 0 Å². The van der Waals surface area contributed by atoms with Crippen LogP contribution in [0.5, 0.6) is 23.0 Å². The van der Waals surface area contributed by atoms with Crippen LogP contribution in [0.3, 0.4) is 0 Å². The van der Waals surface area contributed by atoms with Gasteiger partial charge in [0.1, 0.15) is 46.3 Å². The van der Waals surface area contributed by atoms with Gasteiger partial charge in [0.2, 0.25) is 0 Å². The number of benzene rings is 2. The van der Waals surface area contributed by atoms with E-state index in [1.165, 1.54) is 28.4 Å². The molecule has 2 unspecified atom stereocenters. The molecule has 172 valence electrons. The first-order valence-electron chi connectivity index (χ1n) is 10.4. The topological polar surface area (TPSA) is 89.5 Å². The molecule has 1 saturated carbocycles. The normalized spacial score (nSPS) is 17.8. The van der Waals surface area contributed by atoms with Gasteiger partial charge in [-0.3, -0.25) is 0 Å². The van der Waals surface area contributed by atoms with Gasteiger partial charge in [-0.25, -0.2) is 9.59 Å². The first-order chi connectivity index (χ1) is 15.5. The van der Waals surface area contributed by atoms with E-state index in [0.717, 1.165) is 12.8 Å². The van der Waals surface area contributed by atoms with Crippen LogP contribution in [0.15, 0.2) is 36.4 Å². The SMILES string of the molecule is COc1ccc(C(=O)OC2CCCCC2OC(=O)c2ccc(OC)cc2OC)c(OC)c1. The van der Waals surface area contributed by atoms with E-state index in [0.29, 0.717) is 35.8 Å². The van der Waals surface area contributed by atoms with Crippen molar-refractivity contribution >= 4 is 11.9 Å². The minimum Gasteiger partial charge on any atom is -0.497 e. The Balaban J connectivity index is 1.74. The Morgan fingerprint density at radius 1 is 0.656 bits per heavy atom. The average Bonchev–Trinajstić information content (AvgIpc) is 2.84. The third-order valence-corrected chi connectivity index (χ3v) is 5.42. The Morgan fingerprint density at radius 2 is 1.06 bits per heavy atom. The van der Waals surface area contributed by atoms with Gasteiger partial charge in [0.25, 0.3) is 0 Å². The first kappa shape index (κ1) is 23.2. The number of esters is 2. The number of carbonyl (C=O) groups excluding carboxylic acids is 2. The molecule has 2 aromatic rings. The number of hydrogen-bond donors (Lipinski definition) is 0. The van der Waals surface area contributed by atoms with Gasteiger partial charge in [-0.05, 0) is 49.9 Å². The van der Waals surface area contributed by atoms with Gasteiger partial charge in [-0.15, -0.1) is 0 Å². The largest absolute Gasteiger partial charge is 0.497 e. The van der Waals surface area contributed by atoms with Crippen molar-refractivity contribution in [1.29, 1.82) is 0 Å². The molecule has 1 aliphatic carbocycles. The van der Waals surface area contributed by atoms with Crippen LogP contribution in [0, 0.1) is 0 Å². The molecule has 2 aromatic carbocycles. The van der Waals surface area contributed by atoms with Crippen LogP contribution in [0.25, 0.3) is 0 Å². The molecule has 8 heteroatoms. The van der Waals surface area contributed by atoms with Gasteiger partial charge in [0.15, 0.2) is 0 Å². The predicted molar refractivity (Wildman–Crippen MR) is 116 cm³/mol. The number of ether oxygens (including phenoxy) is 6. The summed E-state index contributed by atoms with van der Waals surface area (Å²) in [7, 11) is 6.01. The average molecular weight is 444 g/mol. The number of carbonyl (C=O) groups is 2. The maximum Gasteiger partial charge on any atom is 0.342 e. The van der Waals surface area contributed by atoms with E-state index in [-0.39, 0.29) is 11.1 Å². The summed E-state index contributed by atoms with van der Waals surface area (Å²) in [5, 5.41) is 0. The van der Waals surface area contributed by atoms with Gasteiger partial charge in [-0.2, -0.15) is 0 Å². The van der Waals surface area contributed by atoms with E-state index in [9.17, 15) is 9.59 Å². The molecule has 0 spiro atoms. The molecule has 0 heterocycles. The molecule has 0 bridgehead atoms. The second-order valence-electron chi connectivity index (χ2n) is 7.30. The molecule has 0 aliphatic heterocycles. The van der Waals surface area contributed by atoms with Crippen LogP contribution in [-0.2, 0) is 9.47 Å². The molecular formula is C24H28O8. The monoisotopic (exact) mass is 444 g/mol. The molecule has 32 heavy (non-hydrogen) atoms. The summed E-state index contributed by atoms with van der Waals surface area (Å²) in [6.07, 6.45) is 1.83. The van der Waals surface area contributed by atoms with Gasteiger partial charge in [0.05, 0.1) is 28.4 Å². The van der Waals surface area contributed by atoms with Gasteiger partial charge in [0, 0.05) is 12.1 Å². The zero-order valence-electron chi connectivity index (χ0n) is 18.7. The molecule has 0 saturated heterocycles. The lowest BCUT2D eigenvalue weighted by Crippen LogP contribution is -2.38. The lowest BCUT2D eigenvalue weighted by molar-refractivity contribution is -0.0516. The van der Waals surface area contributed by atoms with Crippen molar-refractivity contribution in [3.05, 3.63) is 47.5 Å². The van der Waals surface area contributed by atoms with Crippen LogP contribution in [0.1, 0.15) is 46.4 Å². The lowest BCUT2D eigenvalue weighted by Gasteiger charge is -2.31. The second kappa shape index (κ2) is 10.7. The van der Waals surface area contributed by atoms with E-state index >= 15 is 0 Å². The van der Waals surface area contributed by atoms with Crippen molar-refractivity contribution in [1.82, 2.24) is 0 Å². The smallest absolute Gasteiger partial charge is 0.342 e. The zero-order chi connectivity index (χ0) is 23.1. The van der Waals surface area contributed by atoms with Crippen LogP contribution in [0.4, 0.5) is 0 Å². The third-order valence-electron chi connectivity index (χ3n) is 5.42. The molecule has 2 atom stereocenters. The fourth-order valence-corrected chi connectivity index (χ4v) is 3.67. The highest BCUT2D eigenvalue weighted by Gasteiger charge is 2.33. The first-order valence-corrected chi connectivity index (χ1v) is 10.4. The van der Waals surface area contributed by atoms with Gasteiger partial charge < -0.3 is 28.4 Å². The second-order valence-corrected chi connectivity index (χ2v) is 7.30. The van der Waals surface area contributed by atoms with E-state index in [1.807, 2.05) is 0 Å². The molecule has 1 fully saturated rings. The summed E-state index contributed by atoms with van der Waals surface area (Å²) in [6.45, 7) is 0.